The molecular weight excluding hydrogens is 244 g/mol. The average Bonchev–Trinajstić information content (AvgIpc) is 2.28. The molecule has 0 heterocycles. The van der Waals surface area contributed by atoms with Gasteiger partial charge in [0, 0.05) is 7.11 Å². The van der Waals surface area contributed by atoms with Crippen LogP contribution in [0.2, 0.25) is 0 Å². The molecular formula is C11H16O7. The number of Topliss-reactive ketones (excluding diaryl/α,β-unsaturated/α-hetero) is 1. The lowest BCUT2D eigenvalue weighted by Crippen LogP contribution is -2.34. The Balaban J connectivity index is 4.61. The third-order valence-electron chi connectivity index (χ3n) is 1.74. The number of hydrogen-bond acceptors (Lipinski definition) is 7. The fourth-order valence-electron chi connectivity index (χ4n) is 0.847. The van der Waals surface area contributed by atoms with Crippen molar-refractivity contribution in [2.45, 2.75) is 26.6 Å². The second-order valence-electron chi connectivity index (χ2n) is 3.68. The van der Waals surface area contributed by atoms with Crippen LogP contribution >= 0.6 is 0 Å². The Hall–Kier alpha value is -1.76. The molecule has 0 radical (unpaired) electrons. The Labute approximate surface area is 104 Å². The highest BCUT2D eigenvalue weighted by Gasteiger charge is 2.27. The second kappa shape index (κ2) is 8.35. The molecule has 0 aromatic carbocycles. The van der Waals surface area contributed by atoms with E-state index in [9.17, 15) is 19.2 Å². The zero-order valence-electron chi connectivity index (χ0n) is 10.5. The van der Waals surface area contributed by atoms with E-state index in [4.69, 9.17) is 4.74 Å². The van der Waals surface area contributed by atoms with Crippen LogP contribution in [0.15, 0.2) is 0 Å². The van der Waals surface area contributed by atoms with Gasteiger partial charge in [-0.15, -0.1) is 0 Å². The topological polar surface area (TPSA) is 96.0 Å². The lowest BCUT2D eigenvalue weighted by molar-refractivity contribution is -0.195. The van der Waals surface area contributed by atoms with Crippen LogP contribution in [0.3, 0.4) is 0 Å². The number of methoxy groups -OCH3 is 1. The van der Waals surface area contributed by atoms with Gasteiger partial charge in [-0.3, -0.25) is 9.59 Å². The first-order valence-corrected chi connectivity index (χ1v) is 5.27. The lowest BCUT2D eigenvalue weighted by Gasteiger charge is -2.17. The number of ether oxygens (including phenoxy) is 3. The number of esters is 2. The maximum Gasteiger partial charge on any atom is 0.335 e. The first-order chi connectivity index (χ1) is 8.42. The summed E-state index contributed by atoms with van der Waals surface area (Å²) in [4.78, 5) is 44.1. The molecule has 0 saturated carbocycles. The minimum Gasteiger partial charge on any atom is -0.417 e. The summed E-state index contributed by atoms with van der Waals surface area (Å²) in [6, 6.07) is 0. The molecule has 0 fully saturated rings. The van der Waals surface area contributed by atoms with Gasteiger partial charge in [0.1, 0.15) is 12.9 Å². The zero-order chi connectivity index (χ0) is 14.1. The van der Waals surface area contributed by atoms with E-state index in [2.05, 4.69) is 9.47 Å². The van der Waals surface area contributed by atoms with Crippen molar-refractivity contribution in [3.05, 3.63) is 0 Å². The molecule has 0 N–H and O–H groups in total. The highest BCUT2D eigenvalue weighted by Crippen LogP contribution is 2.05. The molecule has 0 aromatic rings. The molecule has 0 amide bonds. The molecule has 1 unspecified atom stereocenters. The van der Waals surface area contributed by atoms with E-state index in [-0.39, 0.29) is 6.61 Å². The minimum absolute atomic E-state index is 0.336. The van der Waals surface area contributed by atoms with E-state index in [1.807, 2.05) is 0 Å². The average molecular weight is 260 g/mol. The maximum absolute atomic E-state index is 11.4. The van der Waals surface area contributed by atoms with Gasteiger partial charge in [0.25, 0.3) is 0 Å². The van der Waals surface area contributed by atoms with Crippen LogP contribution in [-0.4, -0.2) is 44.0 Å². The SMILES string of the molecule is COCC(=O)OC(OC(=O)C(C)C)C(=O)CC=O. The van der Waals surface area contributed by atoms with Gasteiger partial charge in [-0.1, -0.05) is 13.8 Å². The highest BCUT2D eigenvalue weighted by molar-refractivity contribution is 5.94. The van der Waals surface area contributed by atoms with E-state index in [0.29, 0.717) is 6.29 Å². The highest BCUT2D eigenvalue weighted by atomic mass is 16.7. The third-order valence-corrected chi connectivity index (χ3v) is 1.74. The molecule has 18 heavy (non-hydrogen) atoms. The van der Waals surface area contributed by atoms with Gasteiger partial charge in [0.15, 0.2) is 0 Å². The van der Waals surface area contributed by atoms with Crippen molar-refractivity contribution in [1.82, 2.24) is 0 Å². The van der Waals surface area contributed by atoms with Crippen LogP contribution in [0.1, 0.15) is 20.3 Å². The summed E-state index contributed by atoms with van der Waals surface area (Å²) in [5.74, 6) is -2.86. The van der Waals surface area contributed by atoms with Crippen molar-refractivity contribution in [3.8, 4) is 0 Å². The van der Waals surface area contributed by atoms with E-state index in [1.54, 1.807) is 13.8 Å². The number of ketones is 1. The van der Waals surface area contributed by atoms with Crippen LogP contribution in [-0.2, 0) is 33.4 Å². The predicted octanol–water partition coefficient (Wildman–Crippen LogP) is -0.141. The number of carbonyl (C=O) groups excluding carboxylic acids is 4. The summed E-state index contributed by atoms with van der Waals surface area (Å²) < 4.78 is 13.8. The largest absolute Gasteiger partial charge is 0.417 e. The number of carbonyl (C=O) groups is 4. The molecule has 7 nitrogen and oxygen atoms in total. The molecule has 0 aliphatic carbocycles. The Morgan fingerprint density at radius 1 is 1.17 bits per heavy atom. The van der Waals surface area contributed by atoms with Crippen molar-refractivity contribution in [1.29, 1.82) is 0 Å². The number of rotatable bonds is 8. The van der Waals surface area contributed by atoms with Gasteiger partial charge in [0.2, 0.25) is 5.78 Å². The third kappa shape index (κ3) is 6.09. The molecule has 0 spiro atoms. The molecule has 0 aliphatic rings. The van der Waals surface area contributed by atoms with Crippen molar-refractivity contribution >= 4 is 24.0 Å². The molecule has 0 saturated heterocycles. The number of hydrogen-bond donors (Lipinski definition) is 0. The molecule has 102 valence electrons. The van der Waals surface area contributed by atoms with E-state index in [1.165, 1.54) is 7.11 Å². The fraction of sp³-hybridized carbons (Fsp3) is 0.636. The Morgan fingerprint density at radius 3 is 2.22 bits per heavy atom. The van der Waals surface area contributed by atoms with Gasteiger partial charge in [-0.2, -0.15) is 0 Å². The second-order valence-corrected chi connectivity index (χ2v) is 3.68. The van der Waals surface area contributed by atoms with Gasteiger partial charge in [0.05, 0.1) is 12.3 Å². The van der Waals surface area contributed by atoms with Crippen molar-refractivity contribution in [3.63, 3.8) is 0 Å². The van der Waals surface area contributed by atoms with E-state index >= 15 is 0 Å². The predicted molar refractivity (Wildman–Crippen MR) is 58.4 cm³/mol. The maximum atomic E-state index is 11.4. The monoisotopic (exact) mass is 260 g/mol. The first kappa shape index (κ1) is 16.2. The van der Waals surface area contributed by atoms with Crippen molar-refractivity contribution in [2.24, 2.45) is 5.92 Å². The molecule has 0 aromatic heterocycles. The fourth-order valence-corrected chi connectivity index (χ4v) is 0.847. The van der Waals surface area contributed by atoms with Gasteiger partial charge >= 0.3 is 18.2 Å². The quantitative estimate of drug-likeness (QED) is 0.259. The first-order valence-electron chi connectivity index (χ1n) is 5.27. The van der Waals surface area contributed by atoms with Crippen LogP contribution in [0.5, 0.6) is 0 Å². The Morgan fingerprint density at radius 2 is 1.78 bits per heavy atom. The number of aldehydes is 1. The minimum atomic E-state index is -1.70. The van der Waals surface area contributed by atoms with Gasteiger partial charge in [-0.25, -0.2) is 4.79 Å². The molecule has 7 heteroatoms. The molecule has 0 bridgehead atoms. The standard InChI is InChI=1S/C11H16O7/c1-7(2)10(15)18-11(8(13)4-5-12)17-9(14)6-16-3/h5,7,11H,4,6H2,1-3H3. The van der Waals surface area contributed by atoms with Crippen molar-refractivity contribution < 1.29 is 33.4 Å². The summed E-state index contributed by atoms with van der Waals surface area (Å²) in [6.45, 7) is 2.73. The summed E-state index contributed by atoms with van der Waals surface area (Å²) in [7, 11) is 1.27. The van der Waals surface area contributed by atoms with Crippen LogP contribution in [0, 0.1) is 5.92 Å². The molecule has 0 rings (SSSR count). The van der Waals surface area contributed by atoms with Gasteiger partial charge < -0.3 is 19.0 Å². The van der Waals surface area contributed by atoms with Gasteiger partial charge in [-0.05, 0) is 0 Å². The van der Waals surface area contributed by atoms with Crippen molar-refractivity contribution in [2.75, 3.05) is 13.7 Å². The van der Waals surface area contributed by atoms with Crippen LogP contribution in [0.25, 0.3) is 0 Å². The summed E-state index contributed by atoms with van der Waals surface area (Å²) in [6.07, 6.45) is -1.87. The molecule has 1 atom stereocenters. The normalized spacial score (nSPS) is 11.8. The van der Waals surface area contributed by atoms with Crippen LogP contribution < -0.4 is 0 Å². The van der Waals surface area contributed by atoms with Crippen LogP contribution in [0.4, 0.5) is 0 Å². The summed E-state index contributed by atoms with van der Waals surface area (Å²) >= 11 is 0. The lowest BCUT2D eigenvalue weighted by atomic mass is 10.2. The summed E-state index contributed by atoms with van der Waals surface area (Å²) in [5, 5.41) is 0. The Kier molecular flexibility index (Phi) is 7.53. The Bertz CT molecular complexity index is 321. The smallest absolute Gasteiger partial charge is 0.335 e. The zero-order valence-corrected chi connectivity index (χ0v) is 10.5. The molecule has 0 aliphatic heterocycles. The van der Waals surface area contributed by atoms with E-state index < -0.39 is 36.4 Å². The van der Waals surface area contributed by atoms with E-state index in [0.717, 1.165) is 0 Å². The summed E-state index contributed by atoms with van der Waals surface area (Å²) in [5.41, 5.74) is 0.